The van der Waals surface area contributed by atoms with E-state index < -0.39 is 0 Å². The monoisotopic (exact) mass is 249 g/mol. The van der Waals surface area contributed by atoms with Gasteiger partial charge in [-0.3, -0.25) is 0 Å². The van der Waals surface area contributed by atoms with Gasteiger partial charge in [0.15, 0.2) is 0 Å². The maximum Gasteiger partial charge on any atom is 0.0701 e. The normalized spacial score (nSPS) is 25.6. The van der Waals surface area contributed by atoms with Crippen molar-refractivity contribution in [2.45, 2.75) is 45.9 Å². The Bertz CT molecular complexity index is 403. The van der Waals surface area contributed by atoms with E-state index in [1.807, 2.05) is 31.2 Å². The zero-order valence-corrected chi connectivity index (χ0v) is 11.4. The Morgan fingerprint density at radius 3 is 2.72 bits per heavy atom. The summed E-state index contributed by atoms with van der Waals surface area (Å²) in [5.74, 6) is 0. The second kappa shape index (κ2) is 5.29. The second-order valence-corrected chi connectivity index (χ2v) is 5.51. The summed E-state index contributed by atoms with van der Waals surface area (Å²) in [5, 5.41) is 12.9. The molecule has 1 aromatic carbocycles. The smallest absolute Gasteiger partial charge is 0.0701 e. The van der Waals surface area contributed by atoms with Crippen molar-refractivity contribution in [3.63, 3.8) is 0 Å². The number of benzene rings is 1. The van der Waals surface area contributed by atoms with Gasteiger partial charge in [-0.2, -0.15) is 0 Å². The number of anilines is 1. The molecule has 1 fully saturated rings. The molecular weight excluding hydrogens is 226 g/mol. The molecule has 2 rings (SSSR count). The lowest BCUT2D eigenvalue weighted by Gasteiger charge is -2.52. The number of rotatable bonds is 5. The molecule has 2 unspecified atom stereocenters. The molecule has 3 nitrogen and oxygen atoms in total. The molecule has 100 valence electrons. The fourth-order valence-electron chi connectivity index (χ4n) is 2.60. The fourth-order valence-corrected chi connectivity index (χ4v) is 2.60. The van der Waals surface area contributed by atoms with Gasteiger partial charge in [0.05, 0.1) is 12.7 Å². The third-order valence-corrected chi connectivity index (χ3v) is 4.06. The highest BCUT2D eigenvalue weighted by Gasteiger charge is 2.48. The van der Waals surface area contributed by atoms with Crippen LogP contribution < -0.4 is 5.32 Å². The van der Waals surface area contributed by atoms with Crippen molar-refractivity contribution in [3.05, 3.63) is 29.8 Å². The molecule has 0 aliphatic heterocycles. The summed E-state index contributed by atoms with van der Waals surface area (Å²) in [6.07, 6.45) is 1.36. The van der Waals surface area contributed by atoms with Crippen LogP contribution in [0.25, 0.3) is 0 Å². The first-order valence-corrected chi connectivity index (χ1v) is 6.66. The van der Waals surface area contributed by atoms with Gasteiger partial charge in [0.2, 0.25) is 0 Å². The van der Waals surface area contributed by atoms with Gasteiger partial charge in [-0.1, -0.05) is 32.0 Å². The van der Waals surface area contributed by atoms with Crippen molar-refractivity contribution in [2.75, 3.05) is 11.9 Å². The Kier molecular flexibility index (Phi) is 3.93. The van der Waals surface area contributed by atoms with Crippen molar-refractivity contribution in [2.24, 2.45) is 5.41 Å². The number of aliphatic hydroxyl groups is 1. The van der Waals surface area contributed by atoms with E-state index in [9.17, 15) is 5.11 Å². The molecule has 1 aliphatic carbocycles. The first-order valence-electron chi connectivity index (χ1n) is 6.66. The minimum Gasteiger partial charge on any atom is -0.392 e. The quantitative estimate of drug-likeness (QED) is 0.843. The second-order valence-electron chi connectivity index (χ2n) is 5.51. The van der Waals surface area contributed by atoms with E-state index in [1.54, 1.807) is 0 Å². The van der Waals surface area contributed by atoms with Crippen LogP contribution in [0.15, 0.2) is 24.3 Å². The van der Waals surface area contributed by atoms with Gasteiger partial charge in [0.25, 0.3) is 0 Å². The van der Waals surface area contributed by atoms with Crippen LogP contribution in [0, 0.1) is 5.41 Å². The van der Waals surface area contributed by atoms with E-state index in [4.69, 9.17) is 4.74 Å². The average Bonchev–Trinajstić information content (AvgIpc) is 2.38. The molecule has 0 spiro atoms. The number of nitrogens with one attached hydrogen (secondary N) is 1. The molecule has 3 heteroatoms. The van der Waals surface area contributed by atoms with Crippen LogP contribution in [-0.4, -0.2) is 23.9 Å². The highest BCUT2D eigenvalue weighted by Crippen LogP contribution is 2.44. The molecule has 1 aliphatic rings. The van der Waals surface area contributed by atoms with Gasteiger partial charge in [-0.15, -0.1) is 0 Å². The van der Waals surface area contributed by atoms with Gasteiger partial charge in [0.1, 0.15) is 0 Å². The molecule has 2 atom stereocenters. The van der Waals surface area contributed by atoms with Crippen molar-refractivity contribution in [1.82, 2.24) is 0 Å². The average molecular weight is 249 g/mol. The SMILES string of the molecule is CCOC1CC(Nc2ccccc2CO)C1(C)C. The van der Waals surface area contributed by atoms with Crippen molar-refractivity contribution >= 4 is 5.69 Å². The topological polar surface area (TPSA) is 41.5 Å². The maximum atomic E-state index is 9.32. The Hall–Kier alpha value is -1.06. The number of hydrogen-bond donors (Lipinski definition) is 2. The minimum absolute atomic E-state index is 0.0746. The summed E-state index contributed by atoms with van der Waals surface area (Å²) in [6.45, 7) is 7.35. The van der Waals surface area contributed by atoms with E-state index >= 15 is 0 Å². The molecule has 18 heavy (non-hydrogen) atoms. The fraction of sp³-hybridized carbons (Fsp3) is 0.600. The molecule has 0 aromatic heterocycles. The van der Waals surface area contributed by atoms with E-state index in [-0.39, 0.29) is 12.0 Å². The van der Waals surface area contributed by atoms with E-state index in [1.165, 1.54) is 0 Å². The maximum absolute atomic E-state index is 9.32. The molecule has 0 radical (unpaired) electrons. The van der Waals surface area contributed by atoms with Gasteiger partial charge in [-0.25, -0.2) is 0 Å². The predicted molar refractivity (Wildman–Crippen MR) is 73.6 cm³/mol. The van der Waals surface area contributed by atoms with E-state index in [0.29, 0.717) is 12.1 Å². The summed E-state index contributed by atoms with van der Waals surface area (Å²) in [7, 11) is 0. The summed E-state index contributed by atoms with van der Waals surface area (Å²) in [6, 6.07) is 8.32. The highest BCUT2D eigenvalue weighted by molar-refractivity contribution is 5.52. The molecule has 0 bridgehead atoms. The first-order chi connectivity index (χ1) is 8.59. The third-order valence-electron chi connectivity index (χ3n) is 4.06. The van der Waals surface area contributed by atoms with Crippen molar-refractivity contribution in [1.29, 1.82) is 0 Å². The molecule has 0 heterocycles. The molecule has 0 saturated heterocycles. The van der Waals surface area contributed by atoms with E-state index in [0.717, 1.165) is 24.3 Å². The van der Waals surface area contributed by atoms with E-state index in [2.05, 4.69) is 19.2 Å². The van der Waals surface area contributed by atoms with Crippen LogP contribution in [0.2, 0.25) is 0 Å². The standard InChI is InChI=1S/C15H23NO2/c1-4-18-14-9-13(15(14,2)3)16-12-8-6-5-7-11(12)10-17/h5-8,13-14,16-17H,4,9-10H2,1-3H3. The van der Waals surface area contributed by atoms with Crippen LogP contribution in [0.1, 0.15) is 32.8 Å². The lowest BCUT2D eigenvalue weighted by Crippen LogP contribution is -2.58. The molecule has 0 amide bonds. The van der Waals surface area contributed by atoms with Crippen molar-refractivity contribution in [3.8, 4) is 0 Å². The summed E-state index contributed by atoms with van der Waals surface area (Å²) in [5.41, 5.74) is 2.12. The largest absolute Gasteiger partial charge is 0.392 e. The van der Waals surface area contributed by atoms with Crippen LogP contribution in [0.3, 0.4) is 0 Å². The lowest BCUT2D eigenvalue weighted by molar-refractivity contribution is -0.0976. The Morgan fingerprint density at radius 1 is 1.39 bits per heavy atom. The molecule has 2 N–H and O–H groups in total. The lowest BCUT2D eigenvalue weighted by atomic mass is 9.64. The van der Waals surface area contributed by atoms with Crippen LogP contribution >= 0.6 is 0 Å². The minimum atomic E-state index is 0.0746. The number of aliphatic hydroxyl groups excluding tert-OH is 1. The highest BCUT2D eigenvalue weighted by atomic mass is 16.5. The number of hydrogen-bond acceptors (Lipinski definition) is 3. The first kappa shape index (κ1) is 13.4. The van der Waals surface area contributed by atoms with Gasteiger partial charge >= 0.3 is 0 Å². The van der Waals surface area contributed by atoms with Gasteiger partial charge < -0.3 is 15.2 Å². The van der Waals surface area contributed by atoms with Crippen LogP contribution in [-0.2, 0) is 11.3 Å². The van der Waals surface area contributed by atoms with Crippen LogP contribution in [0.5, 0.6) is 0 Å². The molecule has 1 saturated carbocycles. The Labute approximate surface area is 109 Å². The molecule has 1 aromatic rings. The zero-order valence-electron chi connectivity index (χ0n) is 11.4. The molecular formula is C15H23NO2. The third kappa shape index (κ3) is 2.38. The van der Waals surface area contributed by atoms with Gasteiger partial charge in [0, 0.05) is 29.3 Å². The number of ether oxygens (including phenoxy) is 1. The Balaban J connectivity index is 2.03. The zero-order chi connectivity index (χ0) is 13.2. The summed E-state index contributed by atoms with van der Waals surface area (Å²) in [4.78, 5) is 0. The Morgan fingerprint density at radius 2 is 2.11 bits per heavy atom. The predicted octanol–water partition coefficient (Wildman–Crippen LogP) is 2.79. The summed E-state index contributed by atoms with van der Waals surface area (Å²) >= 11 is 0. The van der Waals surface area contributed by atoms with Gasteiger partial charge in [-0.05, 0) is 19.4 Å². The van der Waals surface area contributed by atoms with Crippen molar-refractivity contribution < 1.29 is 9.84 Å². The van der Waals surface area contributed by atoms with Crippen LogP contribution in [0.4, 0.5) is 5.69 Å². The summed E-state index contributed by atoms with van der Waals surface area (Å²) < 4.78 is 5.73. The number of para-hydroxylation sites is 1.